The van der Waals surface area contributed by atoms with Gasteiger partial charge in [0.15, 0.2) is 5.78 Å². The summed E-state index contributed by atoms with van der Waals surface area (Å²) in [5.74, 6) is 3.63. The lowest BCUT2D eigenvalue weighted by Crippen LogP contribution is -2.51. The van der Waals surface area contributed by atoms with Crippen LogP contribution in [0.1, 0.15) is 72.1 Å². The van der Waals surface area contributed by atoms with Gasteiger partial charge >= 0.3 is 0 Å². The quantitative estimate of drug-likeness (QED) is 0.775. The van der Waals surface area contributed by atoms with Gasteiger partial charge in [-0.3, -0.25) is 4.79 Å². The lowest BCUT2D eigenvalue weighted by Gasteiger charge is -2.58. The van der Waals surface area contributed by atoms with Crippen LogP contribution in [0.5, 0.6) is 0 Å². The van der Waals surface area contributed by atoms with Crippen molar-refractivity contribution in [1.82, 2.24) is 0 Å². The Morgan fingerprint density at radius 3 is 2.61 bits per heavy atom. The molecule has 0 radical (unpaired) electrons. The van der Waals surface area contributed by atoms with Crippen LogP contribution in [0, 0.1) is 34.5 Å². The summed E-state index contributed by atoms with van der Waals surface area (Å²) in [4.78, 5) is 11.9. The van der Waals surface area contributed by atoms with Crippen molar-refractivity contribution in [2.24, 2.45) is 40.2 Å². The summed E-state index contributed by atoms with van der Waals surface area (Å²) in [6, 6.07) is 0.337. The average molecular weight is 316 g/mol. The van der Waals surface area contributed by atoms with Gasteiger partial charge in [-0.1, -0.05) is 19.4 Å². The molecule has 0 amide bonds. The number of nitrogens with two attached hydrogens (primary N) is 1. The number of ketones is 1. The molecule has 4 rings (SSSR count). The molecule has 0 heterocycles. The molecule has 4 aliphatic carbocycles. The maximum atomic E-state index is 11.9. The second-order valence-electron chi connectivity index (χ2n) is 9.56. The van der Waals surface area contributed by atoms with Crippen LogP contribution in [-0.4, -0.2) is 11.8 Å². The van der Waals surface area contributed by atoms with Crippen LogP contribution >= 0.6 is 0 Å². The third-order valence-electron chi connectivity index (χ3n) is 8.67. The smallest absolute Gasteiger partial charge is 0.155 e. The zero-order valence-corrected chi connectivity index (χ0v) is 15.1. The standard InChI is InChI=1S/C21H33NO/c1-13(22)17-6-7-18-16-5-4-14-12-15(23)8-10-20(14,2)19(16)9-11-21(17,18)3/h12-13,16-19H,4-11,22H2,1-3H3/t13?,16-,17+,18-,19-,20-,21+/m0/s1. The lowest BCUT2D eigenvalue weighted by atomic mass is 9.46. The molecule has 0 aromatic heterocycles. The van der Waals surface area contributed by atoms with Crippen molar-refractivity contribution < 1.29 is 4.79 Å². The minimum Gasteiger partial charge on any atom is -0.328 e. The maximum Gasteiger partial charge on any atom is 0.155 e. The third kappa shape index (κ3) is 2.13. The summed E-state index contributed by atoms with van der Waals surface area (Å²) in [6.45, 7) is 7.25. The molecule has 128 valence electrons. The van der Waals surface area contributed by atoms with E-state index in [2.05, 4.69) is 20.8 Å². The first kappa shape index (κ1) is 15.9. The molecule has 2 nitrogen and oxygen atoms in total. The summed E-state index contributed by atoms with van der Waals surface area (Å²) < 4.78 is 0. The van der Waals surface area contributed by atoms with Gasteiger partial charge in [0.05, 0.1) is 0 Å². The first-order valence-electron chi connectivity index (χ1n) is 9.86. The van der Waals surface area contributed by atoms with Crippen LogP contribution in [0.2, 0.25) is 0 Å². The Balaban J connectivity index is 1.66. The minimum absolute atomic E-state index is 0.310. The van der Waals surface area contributed by atoms with E-state index in [1.54, 1.807) is 0 Å². The fourth-order valence-corrected chi connectivity index (χ4v) is 7.46. The fourth-order valence-electron chi connectivity index (χ4n) is 7.46. The predicted molar refractivity (Wildman–Crippen MR) is 93.8 cm³/mol. The summed E-state index contributed by atoms with van der Waals surface area (Å²) in [5.41, 5.74) is 8.62. The highest BCUT2D eigenvalue weighted by atomic mass is 16.1. The zero-order valence-electron chi connectivity index (χ0n) is 15.1. The predicted octanol–water partition coefficient (Wildman–Crippen LogP) is 4.48. The van der Waals surface area contributed by atoms with Crippen LogP contribution in [0.4, 0.5) is 0 Å². The van der Waals surface area contributed by atoms with Gasteiger partial charge in [-0.05, 0) is 92.4 Å². The topological polar surface area (TPSA) is 43.1 Å². The van der Waals surface area contributed by atoms with Crippen molar-refractivity contribution in [3.05, 3.63) is 11.6 Å². The number of hydrogen-bond acceptors (Lipinski definition) is 2. The molecule has 3 saturated carbocycles. The first-order chi connectivity index (χ1) is 10.9. The summed E-state index contributed by atoms with van der Waals surface area (Å²) in [6.07, 6.45) is 11.8. The fraction of sp³-hybridized carbons (Fsp3) is 0.857. The van der Waals surface area contributed by atoms with E-state index in [1.807, 2.05) is 6.08 Å². The second-order valence-corrected chi connectivity index (χ2v) is 9.56. The molecule has 23 heavy (non-hydrogen) atoms. The molecule has 3 fully saturated rings. The highest BCUT2D eigenvalue weighted by Gasteiger charge is 2.59. The van der Waals surface area contributed by atoms with E-state index in [4.69, 9.17) is 5.73 Å². The lowest BCUT2D eigenvalue weighted by molar-refractivity contribution is -0.117. The van der Waals surface area contributed by atoms with Crippen molar-refractivity contribution in [2.45, 2.75) is 78.2 Å². The van der Waals surface area contributed by atoms with Gasteiger partial charge in [-0.2, -0.15) is 0 Å². The Hall–Kier alpha value is -0.630. The van der Waals surface area contributed by atoms with Crippen molar-refractivity contribution in [3.63, 3.8) is 0 Å². The van der Waals surface area contributed by atoms with E-state index in [-0.39, 0.29) is 0 Å². The molecule has 0 aromatic carbocycles. The molecule has 0 bridgehead atoms. The SMILES string of the molecule is CC(N)[C@H]1CC[C@H]2[C@@H]3CCC4=CC(=O)CC[C@]4(C)[C@H]3CC[C@]12C. The molecule has 2 N–H and O–H groups in total. The van der Waals surface area contributed by atoms with E-state index in [1.165, 1.54) is 44.1 Å². The van der Waals surface area contributed by atoms with Gasteiger partial charge in [-0.15, -0.1) is 0 Å². The average Bonchev–Trinajstić information content (AvgIpc) is 2.85. The molecule has 1 unspecified atom stereocenters. The third-order valence-corrected chi connectivity index (χ3v) is 8.67. The molecule has 0 saturated heterocycles. The molecular weight excluding hydrogens is 282 g/mol. The zero-order chi connectivity index (χ0) is 16.4. The van der Waals surface area contributed by atoms with E-state index in [9.17, 15) is 4.79 Å². The van der Waals surface area contributed by atoms with Gasteiger partial charge in [0.2, 0.25) is 0 Å². The monoisotopic (exact) mass is 315 g/mol. The van der Waals surface area contributed by atoms with E-state index in [0.717, 1.165) is 30.6 Å². The Kier molecular flexibility index (Phi) is 3.58. The van der Waals surface area contributed by atoms with Crippen LogP contribution in [0.3, 0.4) is 0 Å². The highest BCUT2D eigenvalue weighted by Crippen LogP contribution is 2.66. The van der Waals surface area contributed by atoms with Crippen molar-refractivity contribution >= 4 is 5.78 Å². The Labute approximate surface area is 141 Å². The normalized spacial score (nSPS) is 50.6. The van der Waals surface area contributed by atoms with Crippen LogP contribution in [0.25, 0.3) is 0 Å². The van der Waals surface area contributed by atoms with E-state index < -0.39 is 0 Å². The van der Waals surface area contributed by atoms with Gasteiger partial charge in [0, 0.05) is 12.5 Å². The molecule has 2 heteroatoms. The number of allylic oxidation sites excluding steroid dienone is 1. The Morgan fingerprint density at radius 2 is 1.87 bits per heavy atom. The van der Waals surface area contributed by atoms with Crippen molar-refractivity contribution in [2.75, 3.05) is 0 Å². The van der Waals surface area contributed by atoms with Gasteiger partial charge in [0.25, 0.3) is 0 Å². The molecular formula is C21H33NO. The maximum absolute atomic E-state index is 11.9. The highest BCUT2D eigenvalue weighted by molar-refractivity contribution is 5.91. The van der Waals surface area contributed by atoms with Crippen LogP contribution in [-0.2, 0) is 4.79 Å². The van der Waals surface area contributed by atoms with Gasteiger partial charge in [-0.25, -0.2) is 0 Å². The number of hydrogen-bond donors (Lipinski definition) is 1. The largest absolute Gasteiger partial charge is 0.328 e. The minimum atomic E-state index is 0.310. The molecule has 4 aliphatic rings. The Bertz CT molecular complexity index is 550. The summed E-state index contributed by atoms with van der Waals surface area (Å²) in [5, 5.41) is 0. The molecule has 0 aliphatic heterocycles. The van der Waals surface area contributed by atoms with E-state index >= 15 is 0 Å². The van der Waals surface area contributed by atoms with E-state index in [0.29, 0.717) is 28.6 Å². The van der Waals surface area contributed by atoms with Gasteiger partial charge < -0.3 is 5.73 Å². The first-order valence-corrected chi connectivity index (χ1v) is 9.86. The van der Waals surface area contributed by atoms with Crippen molar-refractivity contribution in [1.29, 1.82) is 0 Å². The number of rotatable bonds is 1. The summed E-state index contributed by atoms with van der Waals surface area (Å²) in [7, 11) is 0. The van der Waals surface area contributed by atoms with Crippen LogP contribution < -0.4 is 5.73 Å². The summed E-state index contributed by atoms with van der Waals surface area (Å²) >= 11 is 0. The van der Waals surface area contributed by atoms with Crippen LogP contribution in [0.15, 0.2) is 11.6 Å². The number of fused-ring (bicyclic) bond motifs is 5. The molecule has 0 spiro atoms. The number of carbonyl (C=O) groups excluding carboxylic acids is 1. The Morgan fingerprint density at radius 1 is 1.09 bits per heavy atom. The molecule has 7 atom stereocenters. The van der Waals surface area contributed by atoms with Crippen molar-refractivity contribution in [3.8, 4) is 0 Å². The second kappa shape index (κ2) is 5.18. The van der Waals surface area contributed by atoms with Gasteiger partial charge in [0.1, 0.15) is 0 Å². The molecule has 0 aromatic rings. The number of carbonyl (C=O) groups is 1.